The predicted octanol–water partition coefficient (Wildman–Crippen LogP) is 3.84. The van der Waals surface area contributed by atoms with Gasteiger partial charge in [0.15, 0.2) is 11.5 Å². The average molecular weight is 346 g/mol. The van der Waals surface area contributed by atoms with Crippen molar-refractivity contribution in [3.63, 3.8) is 0 Å². The third kappa shape index (κ3) is 3.24. The summed E-state index contributed by atoms with van der Waals surface area (Å²) in [7, 11) is 3.17. The second-order valence-electron chi connectivity index (χ2n) is 5.91. The Kier molecular flexibility index (Phi) is 5.04. The Balaban J connectivity index is 1.89. The van der Waals surface area contributed by atoms with Gasteiger partial charge in [-0.15, -0.1) is 11.3 Å². The summed E-state index contributed by atoms with van der Waals surface area (Å²) in [6, 6.07) is 5.39. The Morgan fingerprint density at radius 3 is 2.71 bits per heavy atom. The quantitative estimate of drug-likeness (QED) is 0.844. The molecule has 0 N–H and O–H groups in total. The summed E-state index contributed by atoms with van der Waals surface area (Å²) in [6.45, 7) is 2.75. The first kappa shape index (κ1) is 16.8. The third-order valence-corrected chi connectivity index (χ3v) is 5.38. The highest BCUT2D eigenvalue weighted by molar-refractivity contribution is 7.09. The summed E-state index contributed by atoms with van der Waals surface area (Å²) >= 11 is 1.64. The summed E-state index contributed by atoms with van der Waals surface area (Å²) in [6.07, 6.45) is 3.12. The Morgan fingerprint density at radius 2 is 2.04 bits per heavy atom. The molecule has 2 aromatic rings. The van der Waals surface area contributed by atoms with E-state index in [4.69, 9.17) is 9.47 Å². The van der Waals surface area contributed by atoms with Gasteiger partial charge in [0.2, 0.25) is 0 Å². The van der Waals surface area contributed by atoms with E-state index >= 15 is 0 Å². The summed E-state index contributed by atoms with van der Waals surface area (Å²) in [4.78, 5) is 19.6. The van der Waals surface area contributed by atoms with Gasteiger partial charge >= 0.3 is 0 Å². The van der Waals surface area contributed by atoms with E-state index in [0.717, 1.165) is 36.5 Å². The Labute approximate surface area is 146 Å². The van der Waals surface area contributed by atoms with Gasteiger partial charge in [0.1, 0.15) is 5.01 Å². The lowest BCUT2D eigenvalue weighted by molar-refractivity contribution is 0.0610. The molecule has 1 aromatic heterocycles. The van der Waals surface area contributed by atoms with Crippen LogP contribution >= 0.6 is 11.3 Å². The fraction of sp³-hybridized carbons (Fsp3) is 0.444. The Bertz CT molecular complexity index is 729. The first-order chi connectivity index (χ1) is 11.6. The van der Waals surface area contributed by atoms with Gasteiger partial charge in [-0.05, 0) is 44.4 Å². The zero-order valence-corrected chi connectivity index (χ0v) is 15.1. The predicted molar refractivity (Wildman–Crippen MR) is 94.0 cm³/mol. The minimum absolute atomic E-state index is 0.0218. The lowest BCUT2D eigenvalue weighted by Gasteiger charge is -2.34. The van der Waals surface area contributed by atoms with Crippen LogP contribution in [0.1, 0.15) is 46.4 Å². The first-order valence-electron chi connectivity index (χ1n) is 8.09. The summed E-state index contributed by atoms with van der Waals surface area (Å²) in [5, 5.41) is 3.07. The molecule has 0 aliphatic carbocycles. The zero-order valence-electron chi connectivity index (χ0n) is 14.2. The molecule has 1 fully saturated rings. The number of likely N-dealkylation sites (tertiary alicyclic amines) is 1. The number of benzene rings is 1. The normalized spacial score (nSPS) is 17.6. The number of nitrogens with zero attached hydrogens (tertiary/aromatic N) is 2. The molecule has 1 aliphatic heterocycles. The minimum Gasteiger partial charge on any atom is -0.493 e. The van der Waals surface area contributed by atoms with Crippen molar-refractivity contribution in [1.29, 1.82) is 0 Å². The van der Waals surface area contributed by atoms with Crippen molar-refractivity contribution in [2.24, 2.45) is 0 Å². The maximum Gasteiger partial charge on any atom is 0.254 e. The van der Waals surface area contributed by atoms with Crippen molar-refractivity contribution in [2.75, 3.05) is 20.8 Å². The smallest absolute Gasteiger partial charge is 0.254 e. The van der Waals surface area contributed by atoms with Gasteiger partial charge < -0.3 is 14.4 Å². The molecular weight excluding hydrogens is 324 g/mol. The SMILES string of the molecule is COc1ccc(C(=O)N2CCCC[C@H]2c2nc(C)cs2)cc1OC. The molecule has 1 saturated heterocycles. The largest absolute Gasteiger partial charge is 0.493 e. The second kappa shape index (κ2) is 7.21. The van der Waals surface area contributed by atoms with Crippen molar-refractivity contribution in [3.05, 3.63) is 39.8 Å². The van der Waals surface area contributed by atoms with Crippen molar-refractivity contribution < 1.29 is 14.3 Å². The average Bonchev–Trinajstić information content (AvgIpc) is 3.06. The third-order valence-electron chi connectivity index (χ3n) is 4.32. The van der Waals surface area contributed by atoms with Gasteiger partial charge in [0.25, 0.3) is 5.91 Å². The molecule has 6 heteroatoms. The van der Waals surface area contributed by atoms with Gasteiger partial charge in [0.05, 0.1) is 20.3 Å². The van der Waals surface area contributed by atoms with Crippen LogP contribution in [0.15, 0.2) is 23.6 Å². The number of ether oxygens (including phenoxy) is 2. The van der Waals surface area contributed by atoms with Crippen LogP contribution in [0.25, 0.3) is 0 Å². The highest BCUT2D eigenvalue weighted by atomic mass is 32.1. The van der Waals surface area contributed by atoms with Crippen molar-refractivity contribution in [2.45, 2.75) is 32.2 Å². The number of methoxy groups -OCH3 is 2. The van der Waals surface area contributed by atoms with Crippen LogP contribution in [0.5, 0.6) is 11.5 Å². The van der Waals surface area contributed by atoms with Gasteiger partial charge in [-0.25, -0.2) is 4.98 Å². The number of rotatable bonds is 4. The molecule has 0 saturated carbocycles. The van der Waals surface area contributed by atoms with E-state index in [0.29, 0.717) is 17.1 Å². The molecule has 0 unspecified atom stereocenters. The fourth-order valence-electron chi connectivity index (χ4n) is 3.09. The molecule has 3 rings (SSSR count). The molecule has 1 aromatic carbocycles. The number of aryl methyl sites for hydroxylation is 1. The topological polar surface area (TPSA) is 51.7 Å². The first-order valence-corrected chi connectivity index (χ1v) is 8.97. The highest BCUT2D eigenvalue weighted by Gasteiger charge is 2.30. The number of piperidine rings is 1. The van der Waals surface area contributed by atoms with Gasteiger partial charge in [0, 0.05) is 23.2 Å². The monoisotopic (exact) mass is 346 g/mol. The van der Waals surface area contributed by atoms with E-state index in [1.54, 1.807) is 43.8 Å². The number of carbonyl (C=O) groups excluding carboxylic acids is 1. The molecule has 24 heavy (non-hydrogen) atoms. The van der Waals surface area contributed by atoms with E-state index in [9.17, 15) is 4.79 Å². The van der Waals surface area contributed by atoms with Gasteiger partial charge in [-0.1, -0.05) is 0 Å². The van der Waals surface area contributed by atoms with Crippen LogP contribution in [0.4, 0.5) is 0 Å². The summed E-state index contributed by atoms with van der Waals surface area (Å²) < 4.78 is 10.6. The Hall–Kier alpha value is -2.08. The summed E-state index contributed by atoms with van der Waals surface area (Å²) in [5.74, 6) is 1.22. The van der Waals surface area contributed by atoms with E-state index in [2.05, 4.69) is 4.98 Å². The van der Waals surface area contributed by atoms with Gasteiger partial charge in [-0.3, -0.25) is 4.79 Å². The molecule has 0 radical (unpaired) electrons. The molecule has 1 amide bonds. The second-order valence-corrected chi connectivity index (χ2v) is 6.80. The number of carbonyl (C=O) groups is 1. The minimum atomic E-state index is 0.0218. The molecule has 128 valence electrons. The molecule has 0 spiro atoms. The van der Waals surface area contributed by atoms with Crippen LogP contribution in [0.3, 0.4) is 0 Å². The maximum absolute atomic E-state index is 13.1. The van der Waals surface area contributed by atoms with Crippen LogP contribution in [-0.4, -0.2) is 36.6 Å². The number of hydrogen-bond donors (Lipinski definition) is 0. The zero-order chi connectivity index (χ0) is 17.1. The number of amides is 1. The Morgan fingerprint density at radius 1 is 1.25 bits per heavy atom. The molecule has 2 heterocycles. The number of thiazole rings is 1. The lowest BCUT2D eigenvalue weighted by Crippen LogP contribution is -2.38. The molecule has 0 bridgehead atoms. The molecule has 1 atom stereocenters. The van der Waals surface area contributed by atoms with E-state index in [-0.39, 0.29) is 11.9 Å². The molecule has 5 nitrogen and oxygen atoms in total. The van der Waals surface area contributed by atoms with Crippen LogP contribution in [-0.2, 0) is 0 Å². The van der Waals surface area contributed by atoms with Crippen LogP contribution in [0, 0.1) is 6.92 Å². The summed E-state index contributed by atoms with van der Waals surface area (Å²) in [5.41, 5.74) is 1.63. The fourth-order valence-corrected chi connectivity index (χ4v) is 4.03. The number of hydrogen-bond acceptors (Lipinski definition) is 5. The molecular formula is C18H22N2O3S. The molecule has 1 aliphatic rings. The standard InChI is InChI=1S/C18H22N2O3S/c1-12-11-24-17(19-12)14-6-4-5-9-20(14)18(21)13-7-8-15(22-2)16(10-13)23-3/h7-8,10-11,14H,4-6,9H2,1-3H3/t14-/m0/s1. The highest BCUT2D eigenvalue weighted by Crippen LogP contribution is 2.35. The van der Waals surface area contributed by atoms with Crippen molar-refractivity contribution in [3.8, 4) is 11.5 Å². The lowest BCUT2D eigenvalue weighted by atomic mass is 10.0. The van der Waals surface area contributed by atoms with Crippen molar-refractivity contribution >= 4 is 17.2 Å². The van der Waals surface area contributed by atoms with Crippen molar-refractivity contribution in [1.82, 2.24) is 9.88 Å². The van der Waals surface area contributed by atoms with Gasteiger partial charge in [-0.2, -0.15) is 0 Å². The van der Waals surface area contributed by atoms with E-state index < -0.39 is 0 Å². The van der Waals surface area contributed by atoms with Crippen LogP contribution in [0.2, 0.25) is 0 Å². The van der Waals surface area contributed by atoms with E-state index in [1.165, 1.54) is 0 Å². The van der Waals surface area contributed by atoms with Crippen LogP contribution < -0.4 is 9.47 Å². The maximum atomic E-state index is 13.1. The van der Waals surface area contributed by atoms with E-state index in [1.807, 2.05) is 17.2 Å². The number of aromatic nitrogens is 1.